The quantitative estimate of drug-likeness (QED) is 0.612. The Morgan fingerprint density at radius 3 is 1.73 bits per heavy atom. The molecule has 0 saturated heterocycles. The summed E-state index contributed by atoms with van der Waals surface area (Å²) in [6, 6.07) is 0. The Balaban J connectivity index is 4.25. The number of aliphatic hydroxyl groups is 2. The lowest BCUT2D eigenvalue weighted by atomic mass is 9.85. The standard InChI is InChI=1S/C8H16O3/c1-5(9)6(10)7(11)8(2,3)4/h6-7,10-11H,1-4H3/t6-,7+/m0/s1. The van der Waals surface area contributed by atoms with Crippen LogP contribution in [0.2, 0.25) is 0 Å². The van der Waals surface area contributed by atoms with E-state index in [4.69, 9.17) is 5.11 Å². The third-order valence-electron chi connectivity index (χ3n) is 1.60. The van der Waals surface area contributed by atoms with Gasteiger partial charge in [0.1, 0.15) is 6.10 Å². The van der Waals surface area contributed by atoms with Gasteiger partial charge in [0, 0.05) is 0 Å². The van der Waals surface area contributed by atoms with E-state index in [-0.39, 0.29) is 0 Å². The van der Waals surface area contributed by atoms with Gasteiger partial charge in [-0.2, -0.15) is 0 Å². The number of rotatable bonds is 2. The van der Waals surface area contributed by atoms with Gasteiger partial charge in [0.25, 0.3) is 0 Å². The fraction of sp³-hybridized carbons (Fsp3) is 0.875. The molecule has 0 aliphatic rings. The van der Waals surface area contributed by atoms with E-state index in [0.29, 0.717) is 0 Å². The molecule has 0 aliphatic heterocycles. The van der Waals surface area contributed by atoms with Crippen LogP contribution in [0.4, 0.5) is 0 Å². The van der Waals surface area contributed by atoms with Gasteiger partial charge in [0.05, 0.1) is 6.10 Å². The van der Waals surface area contributed by atoms with E-state index < -0.39 is 23.4 Å². The normalized spacial score (nSPS) is 17.6. The minimum Gasteiger partial charge on any atom is -0.389 e. The van der Waals surface area contributed by atoms with Crippen LogP contribution in [0.25, 0.3) is 0 Å². The smallest absolute Gasteiger partial charge is 0.160 e. The number of ketones is 1. The minimum atomic E-state index is -1.25. The van der Waals surface area contributed by atoms with Crippen LogP contribution in [0.5, 0.6) is 0 Å². The van der Waals surface area contributed by atoms with Crippen LogP contribution in [0.15, 0.2) is 0 Å². The first kappa shape index (κ1) is 10.6. The summed E-state index contributed by atoms with van der Waals surface area (Å²) in [5.41, 5.74) is -0.453. The molecule has 0 spiro atoms. The molecule has 0 saturated carbocycles. The number of carbonyl (C=O) groups is 1. The highest BCUT2D eigenvalue weighted by atomic mass is 16.3. The summed E-state index contributed by atoms with van der Waals surface area (Å²) < 4.78 is 0. The first-order valence-electron chi connectivity index (χ1n) is 3.63. The Morgan fingerprint density at radius 2 is 1.64 bits per heavy atom. The molecule has 0 heterocycles. The molecule has 0 amide bonds. The molecule has 0 bridgehead atoms. The van der Waals surface area contributed by atoms with Crippen molar-refractivity contribution in [3.8, 4) is 0 Å². The highest BCUT2D eigenvalue weighted by Gasteiger charge is 2.31. The maximum absolute atomic E-state index is 10.6. The molecule has 2 atom stereocenters. The molecular formula is C8H16O3. The van der Waals surface area contributed by atoms with E-state index in [1.54, 1.807) is 20.8 Å². The van der Waals surface area contributed by atoms with Crippen LogP contribution in [0.3, 0.4) is 0 Å². The third-order valence-corrected chi connectivity index (χ3v) is 1.60. The van der Waals surface area contributed by atoms with Gasteiger partial charge in [-0.15, -0.1) is 0 Å². The van der Waals surface area contributed by atoms with Crippen molar-refractivity contribution < 1.29 is 15.0 Å². The van der Waals surface area contributed by atoms with Crippen LogP contribution < -0.4 is 0 Å². The summed E-state index contributed by atoms with van der Waals surface area (Å²) in [5, 5.41) is 18.5. The Hall–Kier alpha value is -0.410. The SMILES string of the molecule is CC(=O)[C@H](O)[C@@H](O)C(C)(C)C. The summed E-state index contributed by atoms with van der Waals surface area (Å²) in [7, 11) is 0. The second kappa shape index (κ2) is 3.32. The van der Waals surface area contributed by atoms with Gasteiger partial charge >= 0.3 is 0 Å². The third kappa shape index (κ3) is 2.99. The summed E-state index contributed by atoms with van der Waals surface area (Å²) in [6.07, 6.45) is -2.24. The molecule has 66 valence electrons. The average Bonchev–Trinajstić information content (AvgIpc) is 1.82. The highest BCUT2D eigenvalue weighted by Crippen LogP contribution is 2.21. The zero-order chi connectivity index (χ0) is 9.23. The summed E-state index contributed by atoms with van der Waals surface area (Å²) in [5.74, 6) is -0.396. The van der Waals surface area contributed by atoms with Crippen LogP contribution in [0, 0.1) is 5.41 Å². The van der Waals surface area contributed by atoms with Gasteiger partial charge in [-0.25, -0.2) is 0 Å². The molecule has 3 heteroatoms. The first-order chi connectivity index (χ1) is 4.76. The van der Waals surface area contributed by atoms with Gasteiger partial charge in [0.2, 0.25) is 0 Å². The molecule has 0 aliphatic carbocycles. The van der Waals surface area contributed by atoms with Crippen LogP contribution in [0.1, 0.15) is 27.7 Å². The fourth-order valence-electron chi connectivity index (χ4n) is 0.696. The molecule has 0 unspecified atom stereocenters. The van der Waals surface area contributed by atoms with Crippen molar-refractivity contribution in [1.29, 1.82) is 0 Å². The van der Waals surface area contributed by atoms with Crippen molar-refractivity contribution in [2.24, 2.45) is 5.41 Å². The van der Waals surface area contributed by atoms with Gasteiger partial charge in [0.15, 0.2) is 5.78 Å². The van der Waals surface area contributed by atoms with Crippen molar-refractivity contribution in [2.75, 3.05) is 0 Å². The number of aliphatic hydroxyl groups excluding tert-OH is 2. The van der Waals surface area contributed by atoms with E-state index in [1.165, 1.54) is 6.92 Å². The number of Topliss-reactive ketones (excluding diaryl/α,β-unsaturated/α-hetero) is 1. The second-order valence-corrected chi connectivity index (χ2v) is 3.87. The van der Waals surface area contributed by atoms with E-state index in [2.05, 4.69) is 0 Å². The lowest BCUT2D eigenvalue weighted by Crippen LogP contribution is -2.41. The second-order valence-electron chi connectivity index (χ2n) is 3.87. The molecule has 0 rings (SSSR count). The molecule has 0 aromatic heterocycles. The lowest BCUT2D eigenvalue weighted by Gasteiger charge is -2.28. The van der Waals surface area contributed by atoms with Gasteiger partial charge < -0.3 is 10.2 Å². The zero-order valence-corrected chi connectivity index (χ0v) is 7.46. The molecule has 0 fully saturated rings. The molecule has 3 nitrogen and oxygen atoms in total. The summed E-state index contributed by atoms with van der Waals surface area (Å²) >= 11 is 0. The fourth-order valence-corrected chi connectivity index (χ4v) is 0.696. The summed E-state index contributed by atoms with van der Waals surface area (Å²) in [4.78, 5) is 10.6. The van der Waals surface area contributed by atoms with E-state index in [0.717, 1.165) is 0 Å². The van der Waals surface area contributed by atoms with Crippen molar-refractivity contribution in [3.63, 3.8) is 0 Å². The predicted octanol–water partition coefficient (Wildman–Crippen LogP) is 0.343. The van der Waals surface area contributed by atoms with E-state index in [1.807, 2.05) is 0 Å². The number of hydrogen-bond donors (Lipinski definition) is 2. The van der Waals surface area contributed by atoms with Gasteiger partial charge in [-0.1, -0.05) is 20.8 Å². The first-order valence-corrected chi connectivity index (χ1v) is 3.63. The maximum Gasteiger partial charge on any atom is 0.160 e. The Morgan fingerprint density at radius 1 is 1.27 bits per heavy atom. The molecule has 0 radical (unpaired) electrons. The monoisotopic (exact) mass is 160 g/mol. The van der Waals surface area contributed by atoms with E-state index in [9.17, 15) is 9.90 Å². The number of hydrogen-bond acceptors (Lipinski definition) is 3. The van der Waals surface area contributed by atoms with Gasteiger partial charge in [-0.3, -0.25) is 4.79 Å². The predicted molar refractivity (Wildman–Crippen MR) is 42.1 cm³/mol. The molecule has 0 aromatic carbocycles. The summed E-state index contributed by atoms with van der Waals surface area (Å²) in [6.45, 7) is 6.57. The van der Waals surface area contributed by atoms with Crippen molar-refractivity contribution in [2.45, 2.75) is 39.9 Å². The zero-order valence-electron chi connectivity index (χ0n) is 7.46. The van der Waals surface area contributed by atoms with Crippen LogP contribution in [-0.2, 0) is 4.79 Å². The largest absolute Gasteiger partial charge is 0.389 e. The van der Waals surface area contributed by atoms with Crippen molar-refractivity contribution >= 4 is 5.78 Å². The molecule has 0 aromatic rings. The average molecular weight is 160 g/mol. The van der Waals surface area contributed by atoms with E-state index >= 15 is 0 Å². The van der Waals surface area contributed by atoms with Crippen molar-refractivity contribution in [3.05, 3.63) is 0 Å². The topological polar surface area (TPSA) is 57.5 Å². The van der Waals surface area contributed by atoms with Gasteiger partial charge in [-0.05, 0) is 12.3 Å². The minimum absolute atomic E-state index is 0.396. The maximum atomic E-state index is 10.6. The van der Waals surface area contributed by atoms with Crippen molar-refractivity contribution in [1.82, 2.24) is 0 Å². The Labute approximate surface area is 67.0 Å². The Kier molecular flexibility index (Phi) is 3.20. The highest BCUT2D eigenvalue weighted by molar-refractivity contribution is 5.80. The number of carbonyl (C=O) groups excluding carboxylic acids is 1. The van der Waals surface area contributed by atoms with Crippen LogP contribution in [-0.4, -0.2) is 28.2 Å². The molecule has 11 heavy (non-hydrogen) atoms. The molecule has 2 N–H and O–H groups in total. The Bertz CT molecular complexity index is 146. The van der Waals surface area contributed by atoms with Crippen LogP contribution >= 0.6 is 0 Å². The molecular weight excluding hydrogens is 144 g/mol. The lowest BCUT2D eigenvalue weighted by molar-refractivity contribution is -0.135.